The highest BCUT2D eigenvalue weighted by Crippen LogP contribution is 2.28. The molecule has 0 aliphatic carbocycles. The molecule has 1 saturated heterocycles. The van der Waals surface area contributed by atoms with Crippen LogP contribution in [-0.4, -0.2) is 23.1 Å². The molecule has 3 aromatic carbocycles. The topological polar surface area (TPSA) is 23.5 Å². The van der Waals surface area contributed by atoms with Crippen molar-refractivity contribution in [2.24, 2.45) is 0 Å². The maximum atomic E-state index is 8.54. The summed E-state index contributed by atoms with van der Waals surface area (Å²) in [6.07, 6.45) is 1.27. The second kappa shape index (κ2) is 10.4. The first-order chi connectivity index (χ1) is 13.2. The smallest absolute Gasteiger partial charge is 0.0681 e. The molecule has 0 radical (unpaired) electrons. The number of nitrogens with zero attached hydrogens (tertiary/aromatic N) is 1. The third kappa shape index (κ3) is 6.31. The van der Waals surface area contributed by atoms with Gasteiger partial charge < -0.3 is 5.11 Å². The molecular weight excluding hydrogens is 398 g/mol. The maximum Gasteiger partial charge on any atom is 0.0681 e. The lowest BCUT2D eigenvalue weighted by molar-refractivity contribution is 0.282. The molecule has 0 saturated carbocycles. The van der Waals surface area contributed by atoms with Gasteiger partial charge in [-0.25, -0.2) is 0 Å². The predicted octanol–water partition coefficient (Wildman–Crippen LogP) is 5.62. The molecule has 140 valence electrons. The third-order valence-corrected chi connectivity index (χ3v) is 5.42. The number of rotatable bonds is 4. The Morgan fingerprint density at radius 2 is 1.41 bits per heavy atom. The summed E-state index contributed by atoms with van der Waals surface area (Å²) >= 11 is 3.50. The second-order valence-corrected chi connectivity index (χ2v) is 7.82. The van der Waals surface area contributed by atoms with Crippen molar-refractivity contribution in [1.29, 1.82) is 0 Å². The maximum absolute atomic E-state index is 8.54. The van der Waals surface area contributed by atoms with Crippen LogP contribution in [0.25, 0.3) is 0 Å². The van der Waals surface area contributed by atoms with E-state index >= 15 is 0 Å². The summed E-state index contributed by atoms with van der Waals surface area (Å²) in [6.45, 7) is 3.60. The van der Waals surface area contributed by atoms with Crippen molar-refractivity contribution >= 4 is 15.9 Å². The molecule has 0 amide bonds. The minimum absolute atomic E-state index is 0.140. The molecule has 27 heavy (non-hydrogen) atoms. The SMILES string of the molecule is Brc1ccc(C2CCN(Cc3ccccc3)C2)cc1.OCc1ccccc1. The van der Waals surface area contributed by atoms with Gasteiger partial charge in [-0.3, -0.25) is 4.90 Å². The normalized spacial score (nSPS) is 16.6. The van der Waals surface area contributed by atoms with E-state index in [2.05, 4.69) is 75.4 Å². The number of hydrogen-bond acceptors (Lipinski definition) is 2. The van der Waals surface area contributed by atoms with E-state index in [1.807, 2.05) is 30.3 Å². The fourth-order valence-corrected chi connectivity index (χ4v) is 3.67. The van der Waals surface area contributed by atoms with E-state index in [0.717, 1.165) is 16.6 Å². The molecule has 1 aliphatic heterocycles. The van der Waals surface area contributed by atoms with Crippen LogP contribution in [0.5, 0.6) is 0 Å². The average Bonchev–Trinajstić information content (AvgIpc) is 3.19. The van der Waals surface area contributed by atoms with E-state index < -0.39 is 0 Å². The molecule has 1 aliphatic rings. The summed E-state index contributed by atoms with van der Waals surface area (Å²) in [5.74, 6) is 0.691. The molecule has 3 heteroatoms. The highest BCUT2D eigenvalue weighted by atomic mass is 79.9. The lowest BCUT2D eigenvalue weighted by Gasteiger charge is -2.16. The summed E-state index contributed by atoms with van der Waals surface area (Å²) in [5.41, 5.74) is 3.85. The lowest BCUT2D eigenvalue weighted by atomic mass is 9.99. The molecule has 3 aromatic rings. The van der Waals surface area contributed by atoms with Crippen molar-refractivity contribution in [2.45, 2.75) is 25.5 Å². The summed E-state index contributed by atoms with van der Waals surface area (Å²) in [6, 6.07) is 29.1. The van der Waals surface area contributed by atoms with E-state index in [0.29, 0.717) is 5.92 Å². The Morgan fingerprint density at radius 1 is 0.815 bits per heavy atom. The van der Waals surface area contributed by atoms with Gasteiger partial charge in [0.2, 0.25) is 0 Å². The van der Waals surface area contributed by atoms with Crippen LogP contribution in [-0.2, 0) is 13.2 Å². The van der Waals surface area contributed by atoms with Gasteiger partial charge in [-0.1, -0.05) is 88.7 Å². The van der Waals surface area contributed by atoms with Gasteiger partial charge in [0.25, 0.3) is 0 Å². The highest BCUT2D eigenvalue weighted by Gasteiger charge is 2.23. The van der Waals surface area contributed by atoms with Crippen LogP contribution in [0.2, 0.25) is 0 Å². The second-order valence-electron chi connectivity index (χ2n) is 6.90. The average molecular weight is 424 g/mol. The lowest BCUT2D eigenvalue weighted by Crippen LogP contribution is -2.19. The van der Waals surface area contributed by atoms with E-state index in [-0.39, 0.29) is 6.61 Å². The Labute approximate surface area is 170 Å². The molecule has 2 nitrogen and oxygen atoms in total. The van der Waals surface area contributed by atoms with Crippen LogP contribution in [0.15, 0.2) is 89.4 Å². The third-order valence-electron chi connectivity index (χ3n) is 4.89. The Hall–Kier alpha value is -1.94. The highest BCUT2D eigenvalue weighted by molar-refractivity contribution is 9.10. The molecule has 1 N–H and O–H groups in total. The van der Waals surface area contributed by atoms with Gasteiger partial charge in [-0.15, -0.1) is 0 Å². The first-order valence-corrected chi connectivity index (χ1v) is 10.2. The molecule has 0 spiro atoms. The van der Waals surface area contributed by atoms with Crippen molar-refractivity contribution in [3.05, 3.63) is 106 Å². The quantitative estimate of drug-likeness (QED) is 0.588. The minimum Gasteiger partial charge on any atom is -0.392 e. The van der Waals surface area contributed by atoms with E-state index in [4.69, 9.17) is 5.11 Å². The van der Waals surface area contributed by atoms with Gasteiger partial charge in [0, 0.05) is 17.6 Å². The Morgan fingerprint density at radius 3 is 1.96 bits per heavy atom. The Balaban J connectivity index is 0.000000221. The van der Waals surface area contributed by atoms with Crippen molar-refractivity contribution in [1.82, 2.24) is 4.90 Å². The van der Waals surface area contributed by atoms with Crippen LogP contribution in [0.1, 0.15) is 29.0 Å². The first kappa shape index (κ1) is 19.8. The van der Waals surface area contributed by atoms with Crippen LogP contribution >= 0.6 is 15.9 Å². The summed E-state index contributed by atoms with van der Waals surface area (Å²) in [5, 5.41) is 8.54. The molecular formula is C24H26BrNO. The van der Waals surface area contributed by atoms with Crippen molar-refractivity contribution in [3.63, 3.8) is 0 Å². The van der Waals surface area contributed by atoms with Gasteiger partial charge in [0.1, 0.15) is 0 Å². The summed E-state index contributed by atoms with van der Waals surface area (Å²) in [7, 11) is 0. The van der Waals surface area contributed by atoms with Crippen LogP contribution < -0.4 is 0 Å². The number of hydrogen-bond donors (Lipinski definition) is 1. The van der Waals surface area contributed by atoms with Crippen molar-refractivity contribution in [3.8, 4) is 0 Å². The largest absolute Gasteiger partial charge is 0.392 e. The fourth-order valence-electron chi connectivity index (χ4n) is 3.41. The number of likely N-dealkylation sites (tertiary alicyclic amines) is 1. The molecule has 4 rings (SSSR count). The zero-order valence-corrected chi connectivity index (χ0v) is 17.1. The summed E-state index contributed by atoms with van der Waals surface area (Å²) in [4.78, 5) is 2.56. The number of benzene rings is 3. The first-order valence-electron chi connectivity index (χ1n) is 9.41. The zero-order chi connectivity index (χ0) is 18.9. The van der Waals surface area contributed by atoms with E-state index in [1.54, 1.807) is 0 Å². The Kier molecular flexibility index (Phi) is 7.64. The van der Waals surface area contributed by atoms with Gasteiger partial charge in [-0.2, -0.15) is 0 Å². The Bertz CT molecular complexity index is 790. The van der Waals surface area contributed by atoms with Gasteiger partial charge >= 0.3 is 0 Å². The summed E-state index contributed by atoms with van der Waals surface area (Å²) < 4.78 is 1.16. The van der Waals surface area contributed by atoms with Gasteiger partial charge in [-0.05, 0) is 47.7 Å². The monoisotopic (exact) mass is 423 g/mol. The molecule has 1 unspecified atom stereocenters. The number of halogens is 1. The number of aliphatic hydroxyl groups is 1. The van der Waals surface area contributed by atoms with Crippen LogP contribution in [0.3, 0.4) is 0 Å². The molecule has 0 bridgehead atoms. The fraction of sp³-hybridized carbons (Fsp3) is 0.250. The van der Waals surface area contributed by atoms with Gasteiger partial charge in [0.15, 0.2) is 0 Å². The molecule has 1 fully saturated rings. The van der Waals surface area contributed by atoms with Crippen molar-refractivity contribution in [2.75, 3.05) is 13.1 Å². The molecule has 1 atom stereocenters. The van der Waals surface area contributed by atoms with Crippen LogP contribution in [0, 0.1) is 0 Å². The van der Waals surface area contributed by atoms with Crippen molar-refractivity contribution < 1.29 is 5.11 Å². The zero-order valence-electron chi connectivity index (χ0n) is 15.5. The predicted molar refractivity (Wildman–Crippen MR) is 116 cm³/mol. The molecule has 0 aromatic heterocycles. The van der Waals surface area contributed by atoms with Crippen LogP contribution in [0.4, 0.5) is 0 Å². The van der Waals surface area contributed by atoms with E-state index in [1.165, 1.54) is 30.6 Å². The standard InChI is InChI=1S/C17H18BrN.C7H8O/c18-17-8-6-15(7-9-17)16-10-11-19(13-16)12-14-4-2-1-3-5-14;8-6-7-4-2-1-3-5-7/h1-9,16H,10-13H2;1-5,8H,6H2. The minimum atomic E-state index is 0.140. The molecule has 1 heterocycles. The van der Waals surface area contributed by atoms with E-state index in [9.17, 15) is 0 Å². The number of aliphatic hydroxyl groups excluding tert-OH is 1. The van der Waals surface area contributed by atoms with Gasteiger partial charge in [0.05, 0.1) is 6.61 Å².